The van der Waals surface area contributed by atoms with Crippen LogP contribution in [0.15, 0.2) is 0 Å². The number of rotatable bonds is 0. The SMILES string of the molecule is CN1CCC(=[N+](C)C)C1. The molecule has 1 rings (SSSR count). The summed E-state index contributed by atoms with van der Waals surface area (Å²) in [6.45, 7) is 2.39. The molecule has 9 heavy (non-hydrogen) atoms. The summed E-state index contributed by atoms with van der Waals surface area (Å²) in [5.41, 5.74) is 1.55. The molecule has 1 fully saturated rings. The smallest absolute Gasteiger partial charge is 0.167 e. The Morgan fingerprint density at radius 1 is 1.44 bits per heavy atom. The van der Waals surface area contributed by atoms with Crippen LogP contribution in [-0.2, 0) is 0 Å². The van der Waals surface area contributed by atoms with Gasteiger partial charge in [-0.1, -0.05) is 0 Å². The summed E-state index contributed by atoms with van der Waals surface area (Å²) in [7, 11) is 6.40. The fourth-order valence-corrected chi connectivity index (χ4v) is 1.15. The fraction of sp³-hybridized carbons (Fsp3) is 0.857. The van der Waals surface area contributed by atoms with Crippen LogP contribution in [0, 0.1) is 0 Å². The molecule has 0 atom stereocenters. The summed E-state index contributed by atoms with van der Waals surface area (Å²) >= 11 is 0. The summed E-state index contributed by atoms with van der Waals surface area (Å²) in [5.74, 6) is 0. The summed E-state index contributed by atoms with van der Waals surface area (Å²) in [6, 6.07) is 0. The van der Waals surface area contributed by atoms with Crippen molar-refractivity contribution in [3.8, 4) is 0 Å². The van der Waals surface area contributed by atoms with Crippen LogP contribution >= 0.6 is 0 Å². The lowest BCUT2D eigenvalue weighted by Gasteiger charge is -2.00. The Bertz CT molecular complexity index is 134. The van der Waals surface area contributed by atoms with Crippen molar-refractivity contribution >= 4 is 5.71 Å². The van der Waals surface area contributed by atoms with Crippen molar-refractivity contribution in [1.29, 1.82) is 0 Å². The Balaban J connectivity index is 2.58. The largest absolute Gasteiger partial charge is 0.296 e. The van der Waals surface area contributed by atoms with Gasteiger partial charge < -0.3 is 0 Å². The van der Waals surface area contributed by atoms with Gasteiger partial charge in [0.05, 0.1) is 6.54 Å². The third kappa shape index (κ3) is 1.52. The second kappa shape index (κ2) is 2.48. The Kier molecular flexibility index (Phi) is 1.86. The van der Waals surface area contributed by atoms with E-state index in [4.69, 9.17) is 0 Å². The first-order chi connectivity index (χ1) is 4.20. The van der Waals surface area contributed by atoms with Gasteiger partial charge in [-0.25, -0.2) is 4.58 Å². The third-order valence-electron chi connectivity index (χ3n) is 1.87. The van der Waals surface area contributed by atoms with Crippen molar-refractivity contribution in [2.24, 2.45) is 0 Å². The first-order valence-corrected chi connectivity index (χ1v) is 3.40. The predicted molar refractivity (Wildman–Crippen MR) is 39.2 cm³/mol. The number of hydrogen-bond acceptors (Lipinski definition) is 1. The molecule has 0 radical (unpaired) electrons. The van der Waals surface area contributed by atoms with Crippen LogP contribution in [0.1, 0.15) is 6.42 Å². The highest BCUT2D eigenvalue weighted by atomic mass is 15.1. The molecular weight excluding hydrogens is 112 g/mol. The van der Waals surface area contributed by atoms with E-state index in [0.29, 0.717) is 0 Å². The van der Waals surface area contributed by atoms with Crippen molar-refractivity contribution in [2.75, 3.05) is 34.2 Å². The van der Waals surface area contributed by atoms with E-state index in [1.165, 1.54) is 13.0 Å². The maximum atomic E-state index is 2.34. The van der Waals surface area contributed by atoms with Gasteiger partial charge in [0, 0.05) is 13.0 Å². The Morgan fingerprint density at radius 2 is 2.11 bits per heavy atom. The predicted octanol–water partition coefficient (Wildman–Crippen LogP) is 0.0350. The molecule has 1 saturated heterocycles. The molecule has 2 nitrogen and oxygen atoms in total. The molecule has 0 amide bonds. The average Bonchev–Trinajstić information content (AvgIpc) is 2.14. The second-order valence-corrected chi connectivity index (χ2v) is 2.95. The molecule has 1 heterocycles. The van der Waals surface area contributed by atoms with Gasteiger partial charge in [0.1, 0.15) is 14.1 Å². The first-order valence-electron chi connectivity index (χ1n) is 3.40. The Morgan fingerprint density at radius 3 is 2.33 bits per heavy atom. The standard InChI is InChI=1S/C7H15N2/c1-8(2)7-4-5-9(3)6-7/h4-6H2,1-3H3/q+1. The van der Waals surface area contributed by atoms with Crippen molar-refractivity contribution in [2.45, 2.75) is 6.42 Å². The molecule has 1 aliphatic heterocycles. The monoisotopic (exact) mass is 127 g/mol. The van der Waals surface area contributed by atoms with E-state index in [2.05, 4.69) is 30.6 Å². The highest BCUT2D eigenvalue weighted by molar-refractivity contribution is 5.83. The third-order valence-corrected chi connectivity index (χ3v) is 1.87. The topological polar surface area (TPSA) is 6.25 Å². The molecule has 0 bridgehead atoms. The molecule has 0 aromatic heterocycles. The van der Waals surface area contributed by atoms with Crippen molar-refractivity contribution < 1.29 is 4.58 Å². The van der Waals surface area contributed by atoms with E-state index in [9.17, 15) is 0 Å². The van der Waals surface area contributed by atoms with Gasteiger partial charge in [0.15, 0.2) is 5.71 Å². The molecule has 0 aliphatic carbocycles. The minimum atomic E-state index is 1.16. The molecule has 0 unspecified atom stereocenters. The van der Waals surface area contributed by atoms with Gasteiger partial charge in [-0.2, -0.15) is 0 Å². The molecule has 0 spiro atoms. The fourth-order valence-electron chi connectivity index (χ4n) is 1.15. The molecule has 0 aromatic carbocycles. The van der Waals surface area contributed by atoms with E-state index in [0.717, 1.165) is 6.54 Å². The Hall–Kier alpha value is -0.370. The van der Waals surface area contributed by atoms with Gasteiger partial charge in [-0.05, 0) is 7.05 Å². The van der Waals surface area contributed by atoms with Gasteiger partial charge in [-0.15, -0.1) is 0 Å². The highest BCUT2D eigenvalue weighted by Gasteiger charge is 2.18. The lowest BCUT2D eigenvalue weighted by Crippen LogP contribution is -2.18. The van der Waals surface area contributed by atoms with Crippen LogP contribution in [0.3, 0.4) is 0 Å². The molecule has 2 heteroatoms. The summed E-state index contributed by atoms with van der Waals surface area (Å²) in [6.07, 6.45) is 1.25. The number of hydrogen-bond donors (Lipinski definition) is 0. The van der Waals surface area contributed by atoms with Crippen LogP contribution in [0.5, 0.6) is 0 Å². The number of nitrogens with zero attached hydrogens (tertiary/aromatic N) is 2. The maximum Gasteiger partial charge on any atom is 0.167 e. The number of likely N-dealkylation sites (tertiary alicyclic amines) is 1. The highest BCUT2D eigenvalue weighted by Crippen LogP contribution is 2.00. The van der Waals surface area contributed by atoms with Crippen LogP contribution in [0.2, 0.25) is 0 Å². The molecule has 52 valence electrons. The normalized spacial score (nSPS) is 21.0. The van der Waals surface area contributed by atoms with Crippen LogP contribution in [0.25, 0.3) is 0 Å². The van der Waals surface area contributed by atoms with Crippen LogP contribution in [-0.4, -0.2) is 49.4 Å². The summed E-state index contributed by atoms with van der Waals surface area (Å²) in [5, 5.41) is 0. The lowest BCUT2D eigenvalue weighted by molar-refractivity contribution is -0.466. The zero-order chi connectivity index (χ0) is 6.85. The lowest BCUT2D eigenvalue weighted by atomic mass is 10.3. The van der Waals surface area contributed by atoms with Crippen molar-refractivity contribution in [1.82, 2.24) is 4.90 Å². The first kappa shape index (κ1) is 6.75. The quantitative estimate of drug-likeness (QED) is 0.416. The molecule has 1 aliphatic rings. The van der Waals surface area contributed by atoms with Crippen LogP contribution in [0.4, 0.5) is 0 Å². The average molecular weight is 127 g/mol. The van der Waals surface area contributed by atoms with Gasteiger partial charge in [-0.3, -0.25) is 4.90 Å². The zero-order valence-electron chi connectivity index (χ0n) is 6.52. The molecule has 0 N–H and O–H groups in total. The zero-order valence-corrected chi connectivity index (χ0v) is 6.52. The maximum absolute atomic E-state index is 2.34. The van der Waals surface area contributed by atoms with E-state index in [-0.39, 0.29) is 0 Å². The molecular formula is C7H15N2+. The van der Waals surface area contributed by atoms with E-state index >= 15 is 0 Å². The van der Waals surface area contributed by atoms with E-state index < -0.39 is 0 Å². The molecule has 0 saturated carbocycles. The van der Waals surface area contributed by atoms with E-state index in [1.807, 2.05) is 0 Å². The summed E-state index contributed by atoms with van der Waals surface area (Å²) < 4.78 is 2.23. The van der Waals surface area contributed by atoms with Crippen molar-refractivity contribution in [3.63, 3.8) is 0 Å². The summed E-state index contributed by atoms with van der Waals surface area (Å²) in [4.78, 5) is 2.34. The minimum absolute atomic E-state index is 1.16. The van der Waals surface area contributed by atoms with Crippen LogP contribution < -0.4 is 0 Å². The second-order valence-electron chi connectivity index (χ2n) is 2.95. The van der Waals surface area contributed by atoms with E-state index in [1.54, 1.807) is 5.71 Å². The molecule has 0 aromatic rings. The Labute approximate surface area is 56.8 Å². The van der Waals surface area contributed by atoms with Gasteiger partial charge in [0.2, 0.25) is 0 Å². The van der Waals surface area contributed by atoms with Gasteiger partial charge >= 0.3 is 0 Å². The minimum Gasteiger partial charge on any atom is -0.296 e. The van der Waals surface area contributed by atoms with Gasteiger partial charge in [0.25, 0.3) is 0 Å². The van der Waals surface area contributed by atoms with Crippen molar-refractivity contribution in [3.05, 3.63) is 0 Å².